The third-order valence-corrected chi connectivity index (χ3v) is 4.51. The molecule has 2 unspecified atom stereocenters. The summed E-state index contributed by atoms with van der Waals surface area (Å²) < 4.78 is 0. The van der Waals surface area contributed by atoms with Crippen LogP contribution in [0.25, 0.3) is 0 Å². The molecule has 8 heteroatoms. The Kier molecular flexibility index (Phi) is 5.02. The van der Waals surface area contributed by atoms with E-state index in [0.717, 1.165) is 0 Å². The molecule has 2 saturated heterocycles. The van der Waals surface area contributed by atoms with Crippen molar-refractivity contribution in [2.75, 3.05) is 13.1 Å². The zero-order valence-electron chi connectivity index (χ0n) is 11.7. The quantitative estimate of drug-likeness (QED) is 0.569. The number of hydrogen-bond acceptors (Lipinski definition) is 5. The first-order valence-corrected chi connectivity index (χ1v) is 6.66. The summed E-state index contributed by atoms with van der Waals surface area (Å²) in [6.45, 7) is 4.93. The first kappa shape index (κ1) is 17.2. The van der Waals surface area contributed by atoms with Crippen LogP contribution in [0.15, 0.2) is 0 Å². The molecule has 0 aromatic rings. The molecule has 2 atom stereocenters. The van der Waals surface area contributed by atoms with Gasteiger partial charge in [0.15, 0.2) is 0 Å². The first-order valence-electron chi connectivity index (χ1n) is 6.66. The average molecular weight is 308 g/mol. The van der Waals surface area contributed by atoms with Gasteiger partial charge >= 0.3 is 11.9 Å². The van der Waals surface area contributed by atoms with Crippen LogP contribution in [0.3, 0.4) is 0 Å². The van der Waals surface area contributed by atoms with Crippen LogP contribution < -0.4 is 10.7 Å². The molecule has 0 saturated carbocycles. The van der Waals surface area contributed by atoms with Gasteiger partial charge in [0, 0.05) is 19.5 Å². The van der Waals surface area contributed by atoms with Gasteiger partial charge in [-0.3, -0.25) is 9.59 Å². The molecule has 0 aromatic carbocycles. The molecule has 0 aromatic heterocycles. The Morgan fingerprint density at radius 3 is 2.10 bits per heavy atom. The molecule has 2 heterocycles. The highest BCUT2D eigenvalue weighted by molar-refractivity contribution is 5.86. The fourth-order valence-corrected chi connectivity index (χ4v) is 2.96. The third kappa shape index (κ3) is 2.28. The molecule has 0 radical (unpaired) electrons. The number of carbonyl (C=O) groups is 2. The predicted molar refractivity (Wildman–Crippen MR) is 74.8 cm³/mol. The van der Waals surface area contributed by atoms with E-state index in [4.69, 9.17) is 0 Å². The Bertz CT molecular complexity index is 404. The van der Waals surface area contributed by atoms with E-state index in [0.29, 0.717) is 25.9 Å². The highest BCUT2D eigenvalue weighted by Gasteiger charge is 2.61. The summed E-state index contributed by atoms with van der Waals surface area (Å²) >= 11 is 0. The predicted octanol–water partition coefficient (Wildman–Crippen LogP) is 0.0571. The Labute approximate surface area is 124 Å². The average Bonchev–Trinajstić information content (AvgIpc) is 2.64. The standard InChI is InChI=1S/C12H21N3O4.ClH/c1-3-11(9(16)17)7-12(4-2,10(18)19)15(14-11)8-5-13-6-8;/h8,13-14H,3-7H2,1-2H3,(H,16,17)(H,18,19);1H. The minimum atomic E-state index is -1.18. The summed E-state index contributed by atoms with van der Waals surface area (Å²) in [5.41, 5.74) is 0.677. The van der Waals surface area contributed by atoms with Crippen LogP contribution in [0.1, 0.15) is 33.1 Å². The molecule has 2 fully saturated rings. The summed E-state index contributed by atoms with van der Waals surface area (Å²) in [5.74, 6) is -1.94. The van der Waals surface area contributed by atoms with Crippen molar-refractivity contribution in [2.24, 2.45) is 0 Å². The topological polar surface area (TPSA) is 102 Å². The van der Waals surface area contributed by atoms with Gasteiger partial charge in [0.1, 0.15) is 11.1 Å². The second-order valence-electron chi connectivity index (χ2n) is 5.40. The summed E-state index contributed by atoms with van der Waals surface area (Å²) in [7, 11) is 0. The van der Waals surface area contributed by atoms with E-state index < -0.39 is 23.0 Å². The minimum absolute atomic E-state index is 0. The Balaban J connectivity index is 0.00000200. The molecule has 20 heavy (non-hydrogen) atoms. The largest absolute Gasteiger partial charge is 0.480 e. The lowest BCUT2D eigenvalue weighted by molar-refractivity contribution is -0.154. The molecule has 0 aliphatic carbocycles. The van der Waals surface area contributed by atoms with Gasteiger partial charge in [-0.05, 0) is 12.8 Å². The highest BCUT2D eigenvalue weighted by Crippen LogP contribution is 2.40. The van der Waals surface area contributed by atoms with Crippen molar-refractivity contribution in [3.8, 4) is 0 Å². The molecule has 0 amide bonds. The van der Waals surface area contributed by atoms with Gasteiger partial charge in [0.25, 0.3) is 0 Å². The van der Waals surface area contributed by atoms with Crippen LogP contribution in [-0.4, -0.2) is 57.4 Å². The van der Waals surface area contributed by atoms with Crippen LogP contribution in [-0.2, 0) is 9.59 Å². The van der Waals surface area contributed by atoms with Gasteiger partial charge in [-0.25, -0.2) is 10.4 Å². The number of hydrogen-bond donors (Lipinski definition) is 4. The summed E-state index contributed by atoms with van der Waals surface area (Å²) in [6, 6.07) is 0.0313. The lowest BCUT2D eigenvalue weighted by atomic mass is 9.81. The molecular formula is C12H22ClN3O4. The lowest BCUT2D eigenvalue weighted by Gasteiger charge is -2.43. The monoisotopic (exact) mass is 307 g/mol. The molecule has 7 nitrogen and oxygen atoms in total. The van der Waals surface area contributed by atoms with Crippen LogP contribution in [0.5, 0.6) is 0 Å². The van der Waals surface area contributed by atoms with Crippen LogP contribution in [0.2, 0.25) is 0 Å². The number of nitrogens with zero attached hydrogens (tertiary/aromatic N) is 1. The van der Waals surface area contributed by atoms with E-state index in [1.165, 1.54) is 0 Å². The maximum absolute atomic E-state index is 11.7. The Hall–Kier alpha value is -0.890. The maximum atomic E-state index is 11.7. The lowest BCUT2D eigenvalue weighted by Crippen LogP contribution is -2.68. The fraction of sp³-hybridized carbons (Fsp3) is 0.833. The maximum Gasteiger partial charge on any atom is 0.325 e. The van der Waals surface area contributed by atoms with Crippen molar-refractivity contribution in [1.82, 2.24) is 15.8 Å². The van der Waals surface area contributed by atoms with Crippen molar-refractivity contribution in [3.63, 3.8) is 0 Å². The van der Waals surface area contributed by atoms with Gasteiger partial charge in [0.2, 0.25) is 0 Å². The van der Waals surface area contributed by atoms with E-state index in [9.17, 15) is 19.8 Å². The Morgan fingerprint density at radius 2 is 1.80 bits per heavy atom. The molecule has 0 spiro atoms. The SMILES string of the molecule is CCC1(C(=O)O)CC(CC)(C(=O)O)N(C2CNC2)N1.Cl. The summed E-state index contributed by atoms with van der Waals surface area (Å²) in [5, 5.41) is 23.8. The van der Waals surface area contributed by atoms with E-state index >= 15 is 0 Å². The number of nitrogens with one attached hydrogen (secondary N) is 2. The van der Waals surface area contributed by atoms with E-state index in [2.05, 4.69) is 10.7 Å². The van der Waals surface area contributed by atoms with Crippen molar-refractivity contribution < 1.29 is 19.8 Å². The zero-order valence-corrected chi connectivity index (χ0v) is 12.5. The highest BCUT2D eigenvalue weighted by atomic mass is 35.5. The van der Waals surface area contributed by atoms with Gasteiger partial charge in [-0.2, -0.15) is 0 Å². The summed E-state index contributed by atoms with van der Waals surface area (Å²) in [6.07, 6.45) is 0.822. The zero-order chi connectivity index (χ0) is 14.3. The normalized spacial score (nSPS) is 34.3. The molecule has 2 aliphatic rings. The number of carboxylic acids is 2. The third-order valence-electron chi connectivity index (χ3n) is 4.51. The van der Waals surface area contributed by atoms with Crippen LogP contribution >= 0.6 is 12.4 Å². The van der Waals surface area contributed by atoms with E-state index in [1.54, 1.807) is 18.9 Å². The number of halogens is 1. The molecule has 2 rings (SSSR count). The second-order valence-corrected chi connectivity index (χ2v) is 5.40. The Morgan fingerprint density at radius 1 is 1.20 bits per heavy atom. The number of aliphatic carboxylic acids is 2. The summed E-state index contributed by atoms with van der Waals surface area (Å²) in [4.78, 5) is 23.3. The van der Waals surface area contributed by atoms with Gasteiger partial charge in [0.05, 0.1) is 6.04 Å². The van der Waals surface area contributed by atoms with E-state index in [1.807, 2.05) is 0 Å². The van der Waals surface area contributed by atoms with Crippen LogP contribution in [0.4, 0.5) is 0 Å². The second kappa shape index (κ2) is 5.85. The van der Waals surface area contributed by atoms with Crippen molar-refractivity contribution >= 4 is 24.3 Å². The molecule has 2 aliphatic heterocycles. The van der Waals surface area contributed by atoms with Gasteiger partial charge in [-0.1, -0.05) is 13.8 Å². The number of hydrazine groups is 1. The molecule has 4 N–H and O–H groups in total. The van der Waals surface area contributed by atoms with Crippen molar-refractivity contribution in [3.05, 3.63) is 0 Å². The number of rotatable bonds is 5. The van der Waals surface area contributed by atoms with Gasteiger partial charge < -0.3 is 15.5 Å². The van der Waals surface area contributed by atoms with E-state index in [-0.39, 0.29) is 24.9 Å². The molecular weight excluding hydrogens is 286 g/mol. The molecule has 0 bridgehead atoms. The fourth-order valence-electron chi connectivity index (χ4n) is 2.96. The smallest absolute Gasteiger partial charge is 0.325 e. The van der Waals surface area contributed by atoms with Gasteiger partial charge in [-0.15, -0.1) is 12.4 Å². The van der Waals surface area contributed by atoms with Crippen molar-refractivity contribution in [2.45, 2.75) is 50.2 Å². The number of carboxylic acid groups (broad SMARTS) is 2. The minimum Gasteiger partial charge on any atom is -0.480 e. The van der Waals surface area contributed by atoms with Crippen molar-refractivity contribution in [1.29, 1.82) is 0 Å². The van der Waals surface area contributed by atoms with Crippen LogP contribution in [0, 0.1) is 0 Å². The first-order chi connectivity index (χ1) is 8.92. The molecule has 116 valence electrons.